The van der Waals surface area contributed by atoms with E-state index in [-0.39, 0.29) is 10.6 Å². The van der Waals surface area contributed by atoms with Crippen LogP contribution in [0.25, 0.3) is 0 Å². The van der Waals surface area contributed by atoms with Crippen molar-refractivity contribution in [2.75, 3.05) is 32.5 Å². The molecule has 2 amide bonds. The molecule has 0 fully saturated rings. The number of benzene rings is 1. The Balaban J connectivity index is 3.07. The van der Waals surface area contributed by atoms with Crippen LogP contribution in [0.2, 0.25) is 0 Å². The predicted molar refractivity (Wildman–Crippen MR) is 94.8 cm³/mol. The summed E-state index contributed by atoms with van der Waals surface area (Å²) in [6.45, 7) is 0. The molecule has 0 N–H and O–H groups in total. The molecular formula is C13H19N5O3S2. The molecule has 1 aromatic rings. The Kier molecular flexibility index (Phi) is 6.58. The number of amides is 2. The maximum absolute atomic E-state index is 12.1. The van der Waals surface area contributed by atoms with Gasteiger partial charge in [-0.2, -0.15) is 13.4 Å². The quantitative estimate of drug-likeness (QED) is 0.488. The summed E-state index contributed by atoms with van der Waals surface area (Å²) in [5.41, 5.74) is 0.273. The fourth-order valence-corrected chi connectivity index (χ4v) is 2.45. The van der Waals surface area contributed by atoms with Crippen LogP contribution in [-0.4, -0.2) is 65.1 Å². The molecule has 1 rings (SSSR count). The topological polar surface area (TPSA) is 85.7 Å². The van der Waals surface area contributed by atoms with Crippen molar-refractivity contribution < 1.29 is 13.2 Å². The number of thiol groups is 1. The van der Waals surface area contributed by atoms with Crippen LogP contribution in [0, 0.1) is 0 Å². The second-order valence-electron chi connectivity index (χ2n) is 4.96. The van der Waals surface area contributed by atoms with E-state index in [1.54, 1.807) is 39.2 Å². The van der Waals surface area contributed by atoms with E-state index < -0.39 is 16.1 Å². The van der Waals surface area contributed by atoms with Gasteiger partial charge >= 0.3 is 6.03 Å². The summed E-state index contributed by atoms with van der Waals surface area (Å²) in [6, 6.07) is 5.09. The van der Waals surface area contributed by atoms with Crippen molar-refractivity contribution in [2.24, 2.45) is 9.39 Å². The maximum Gasteiger partial charge on any atom is 0.359 e. The molecule has 0 heterocycles. The van der Waals surface area contributed by atoms with Crippen LogP contribution in [0.4, 0.5) is 10.5 Å². The van der Waals surface area contributed by atoms with Crippen LogP contribution in [0.3, 0.4) is 0 Å². The highest BCUT2D eigenvalue weighted by Crippen LogP contribution is 2.22. The summed E-state index contributed by atoms with van der Waals surface area (Å²) >= 11 is 4.05. The molecule has 8 nitrogen and oxygen atoms in total. The van der Waals surface area contributed by atoms with Gasteiger partial charge in [0.2, 0.25) is 0 Å². The first-order valence-electron chi connectivity index (χ1n) is 6.44. The molecule has 0 saturated carbocycles. The number of nitrogens with zero attached hydrogens (tertiary/aromatic N) is 5. The van der Waals surface area contributed by atoms with E-state index in [1.165, 1.54) is 35.8 Å². The molecule has 0 aliphatic carbocycles. The SMILES string of the molecule is CN(C)C=NC(=O)N(S)c1cccc(S(=O)(=O)N=CN(C)C)c1. The number of hydrogen-bond acceptors (Lipinski definition) is 4. The summed E-state index contributed by atoms with van der Waals surface area (Å²) in [4.78, 5) is 18.6. The standard InChI is InChI=1S/C13H19N5O3S2/c1-16(2)9-14-13(19)18(22)11-6-5-7-12(8-11)23(20,21)15-10-17(3)4/h5-10,22H,1-4H3. The fraction of sp³-hybridized carbons (Fsp3) is 0.308. The zero-order valence-electron chi connectivity index (χ0n) is 13.3. The zero-order chi connectivity index (χ0) is 17.6. The smallest absolute Gasteiger partial charge is 0.359 e. The number of sulfonamides is 1. The first-order valence-corrected chi connectivity index (χ1v) is 8.28. The number of aliphatic imine (C=N–C) groups is 1. The van der Waals surface area contributed by atoms with Gasteiger partial charge in [0.25, 0.3) is 10.0 Å². The van der Waals surface area contributed by atoms with E-state index in [4.69, 9.17) is 0 Å². The van der Waals surface area contributed by atoms with Gasteiger partial charge in [-0.05, 0) is 18.2 Å². The molecule has 0 bridgehead atoms. The Morgan fingerprint density at radius 1 is 1.13 bits per heavy atom. The highest BCUT2D eigenvalue weighted by molar-refractivity contribution is 7.90. The molecule has 0 saturated heterocycles. The van der Waals surface area contributed by atoms with Crippen molar-refractivity contribution in [3.8, 4) is 0 Å². The minimum atomic E-state index is -3.85. The van der Waals surface area contributed by atoms with Crippen molar-refractivity contribution in [3.05, 3.63) is 24.3 Å². The summed E-state index contributed by atoms with van der Waals surface area (Å²) in [6.07, 6.45) is 2.51. The van der Waals surface area contributed by atoms with Crippen LogP contribution >= 0.6 is 12.8 Å². The average molecular weight is 357 g/mol. The van der Waals surface area contributed by atoms with E-state index in [9.17, 15) is 13.2 Å². The van der Waals surface area contributed by atoms with Gasteiger partial charge in [0, 0.05) is 28.2 Å². The van der Waals surface area contributed by atoms with Crippen molar-refractivity contribution in [1.82, 2.24) is 9.80 Å². The first kappa shape index (κ1) is 19.0. The molecule has 0 aliphatic rings. The third-order valence-corrected chi connectivity index (χ3v) is 3.98. The van der Waals surface area contributed by atoms with Crippen LogP contribution < -0.4 is 4.31 Å². The normalized spacial score (nSPS) is 11.9. The number of anilines is 1. The highest BCUT2D eigenvalue weighted by Gasteiger charge is 2.16. The molecule has 23 heavy (non-hydrogen) atoms. The van der Waals surface area contributed by atoms with Crippen molar-refractivity contribution in [3.63, 3.8) is 0 Å². The Morgan fingerprint density at radius 2 is 1.74 bits per heavy atom. The lowest BCUT2D eigenvalue weighted by Crippen LogP contribution is -2.19. The average Bonchev–Trinajstić information content (AvgIpc) is 2.50. The second-order valence-corrected chi connectivity index (χ2v) is 6.99. The predicted octanol–water partition coefficient (Wildman–Crippen LogP) is 1.33. The third-order valence-electron chi connectivity index (χ3n) is 2.36. The lowest BCUT2D eigenvalue weighted by atomic mass is 10.3. The maximum atomic E-state index is 12.1. The van der Waals surface area contributed by atoms with Gasteiger partial charge in [-0.15, -0.1) is 4.40 Å². The monoisotopic (exact) mass is 357 g/mol. The summed E-state index contributed by atoms with van der Waals surface area (Å²) in [5.74, 6) is 0. The Bertz CT molecular complexity index is 714. The fourth-order valence-electron chi connectivity index (χ4n) is 1.32. The third kappa shape index (κ3) is 5.91. The molecule has 0 aliphatic heterocycles. The van der Waals surface area contributed by atoms with Gasteiger partial charge in [-0.25, -0.2) is 9.10 Å². The summed E-state index contributed by atoms with van der Waals surface area (Å²) < 4.78 is 28.7. The molecule has 10 heteroatoms. The first-order chi connectivity index (χ1) is 10.6. The van der Waals surface area contributed by atoms with Gasteiger partial charge in [0.05, 0.1) is 16.9 Å². The lowest BCUT2D eigenvalue weighted by Gasteiger charge is -2.14. The summed E-state index contributed by atoms with van der Waals surface area (Å²) in [5, 5.41) is 0. The van der Waals surface area contributed by atoms with Crippen LogP contribution in [0.1, 0.15) is 0 Å². The van der Waals surface area contributed by atoms with E-state index in [0.29, 0.717) is 0 Å². The molecule has 0 atom stereocenters. The second kappa shape index (κ2) is 7.97. The van der Waals surface area contributed by atoms with E-state index >= 15 is 0 Å². The minimum absolute atomic E-state index is 0.0449. The summed E-state index contributed by atoms with van der Waals surface area (Å²) in [7, 11) is 2.90. The van der Waals surface area contributed by atoms with E-state index in [1.807, 2.05) is 0 Å². The molecule has 0 aromatic heterocycles. The number of carbonyl (C=O) groups is 1. The molecule has 1 aromatic carbocycles. The lowest BCUT2D eigenvalue weighted by molar-refractivity contribution is 0.257. The number of rotatable bonds is 5. The van der Waals surface area contributed by atoms with E-state index in [2.05, 4.69) is 22.2 Å². The zero-order valence-corrected chi connectivity index (χ0v) is 15.0. The Morgan fingerprint density at radius 3 is 2.30 bits per heavy atom. The Labute approximate surface area is 141 Å². The van der Waals surface area contributed by atoms with Gasteiger partial charge < -0.3 is 9.80 Å². The van der Waals surface area contributed by atoms with Gasteiger partial charge in [0.1, 0.15) is 6.34 Å². The largest absolute Gasteiger partial charge is 0.369 e. The van der Waals surface area contributed by atoms with Crippen LogP contribution in [0.15, 0.2) is 38.6 Å². The van der Waals surface area contributed by atoms with E-state index in [0.717, 1.165) is 4.31 Å². The number of urea groups is 1. The van der Waals surface area contributed by atoms with Gasteiger partial charge in [0.15, 0.2) is 0 Å². The molecule has 0 unspecified atom stereocenters. The van der Waals surface area contributed by atoms with Crippen LogP contribution in [0.5, 0.6) is 0 Å². The molecule has 0 radical (unpaired) electrons. The van der Waals surface area contributed by atoms with Crippen molar-refractivity contribution in [1.29, 1.82) is 0 Å². The van der Waals surface area contributed by atoms with Gasteiger partial charge in [-0.3, -0.25) is 0 Å². The van der Waals surface area contributed by atoms with Crippen molar-refractivity contribution in [2.45, 2.75) is 4.90 Å². The van der Waals surface area contributed by atoms with Crippen molar-refractivity contribution >= 4 is 47.2 Å². The molecule has 126 valence electrons. The highest BCUT2D eigenvalue weighted by atomic mass is 32.2. The van der Waals surface area contributed by atoms with Crippen LogP contribution in [-0.2, 0) is 10.0 Å². The molecular weight excluding hydrogens is 338 g/mol. The number of hydrogen-bond donors (Lipinski definition) is 1. The Hall–Kier alpha value is -2.07. The van der Waals surface area contributed by atoms with Gasteiger partial charge in [-0.1, -0.05) is 18.9 Å². The molecule has 0 spiro atoms. The number of carbonyl (C=O) groups excluding carboxylic acids is 1. The minimum Gasteiger partial charge on any atom is -0.369 e.